The lowest BCUT2D eigenvalue weighted by Gasteiger charge is -2.23. The Morgan fingerprint density at radius 3 is 2.44 bits per heavy atom. The Morgan fingerprint density at radius 1 is 1.11 bits per heavy atom. The second kappa shape index (κ2) is 6.63. The van der Waals surface area contributed by atoms with Crippen molar-refractivity contribution in [2.45, 2.75) is 39.5 Å². The molecule has 1 saturated carbocycles. The molecule has 1 aromatic carbocycles. The number of benzene rings is 1. The number of ether oxygens (including phenoxy) is 1. The van der Waals surface area contributed by atoms with Crippen LogP contribution in [0.3, 0.4) is 0 Å². The highest BCUT2D eigenvalue weighted by atomic mass is 16.5. The van der Waals surface area contributed by atoms with E-state index in [-0.39, 0.29) is 0 Å². The molecule has 2 rings (SSSR count). The molecule has 0 aliphatic heterocycles. The molecular weight excluding hydrogens is 220 g/mol. The minimum absolute atomic E-state index is 0.690. The zero-order valence-electron chi connectivity index (χ0n) is 11.6. The Hall–Kier alpha value is -1.24. The molecule has 98 valence electrons. The van der Waals surface area contributed by atoms with Gasteiger partial charge in [-0.1, -0.05) is 49.6 Å². The van der Waals surface area contributed by atoms with Crippen LogP contribution in [0.1, 0.15) is 38.2 Å². The quantitative estimate of drug-likeness (QED) is 0.694. The number of aryl methyl sites for hydroxylation is 1. The lowest BCUT2D eigenvalue weighted by atomic mass is 9.83. The standard InChI is InChI=1S/C17H24O/c1-14-5-9-16(10-6-14)4-3-13-18-17-11-7-15(2)8-12-17/h3-4,7-8,11-12,14,16H,5-6,9-10,13H2,1-2H3/b4-3+. The Balaban J connectivity index is 1.70. The molecule has 1 aliphatic rings. The van der Waals surface area contributed by atoms with Crippen molar-refractivity contribution in [2.75, 3.05) is 6.61 Å². The summed E-state index contributed by atoms with van der Waals surface area (Å²) in [5.41, 5.74) is 1.27. The topological polar surface area (TPSA) is 9.23 Å². The van der Waals surface area contributed by atoms with E-state index in [4.69, 9.17) is 4.74 Å². The summed E-state index contributed by atoms with van der Waals surface area (Å²) in [5.74, 6) is 2.67. The Morgan fingerprint density at radius 2 is 1.78 bits per heavy atom. The monoisotopic (exact) mass is 244 g/mol. The van der Waals surface area contributed by atoms with Gasteiger partial charge in [0.15, 0.2) is 0 Å². The van der Waals surface area contributed by atoms with Gasteiger partial charge in [-0.25, -0.2) is 0 Å². The van der Waals surface area contributed by atoms with Gasteiger partial charge in [0.1, 0.15) is 12.4 Å². The normalized spacial score (nSPS) is 24.3. The third-order valence-corrected chi connectivity index (χ3v) is 3.84. The Labute approximate surface area is 111 Å². The Kier molecular flexibility index (Phi) is 4.86. The van der Waals surface area contributed by atoms with Crippen LogP contribution < -0.4 is 4.74 Å². The van der Waals surface area contributed by atoms with E-state index in [1.165, 1.54) is 31.2 Å². The zero-order chi connectivity index (χ0) is 12.8. The van der Waals surface area contributed by atoms with Crippen molar-refractivity contribution < 1.29 is 4.74 Å². The largest absolute Gasteiger partial charge is 0.490 e. The van der Waals surface area contributed by atoms with E-state index >= 15 is 0 Å². The highest BCUT2D eigenvalue weighted by Crippen LogP contribution is 2.28. The zero-order valence-corrected chi connectivity index (χ0v) is 11.6. The molecule has 18 heavy (non-hydrogen) atoms. The molecule has 1 fully saturated rings. The van der Waals surface area contributed by atoms with E-state index in [1.807, 2.05) is 12.1 Å². The van der Waals surface area contributed by atoms with Gasteiger partial charge in [0.05, 0.1) is 0 Å². The van der Waals surface area contributed by atoms with Crippen LogP contribution in [0.5, 0.6) is 5.75 Å². The molecule has 0 N–H and O–H groups in total. The number of hydrogen-bond donors (Lipinski definition) is 0. The van der Waals surface area contributed by atoms with Crippen molar-refractivity contribution in [1.82, 2.24) is 0 Å². The van der Waals surface area contributed by atoms with E-state index in [0.717, 1.165) is 17.6 Å². The predicted molar refractivity (Wildman–Crippen MR) is 76.9 cm³/mol. The lowest BCUT2D eigenvalue weighted by Crippen LogP contribution is -2.10. The summed E-state index contributed by atoms with van der Waals surface area (Å²) in [6.45, 7) is 5.14. The summed E-state index contributed by atoms with van der Waals surface area (Å²) < 4.78 is 5.69. The number of rotatable bonds is 4. The third-order valence-electron chi connectivity index (χ3n) is 3.84. The molecule has 0 atom stereocenters. The minimum Gasteiger partial charge on any atom is -0.490 e. The van der Waals surface area contributed by atoms with E-state index in [2.05, 4.69) is 38.1 Å². The molecule has 1 nitrogen and oxygen atoms in total. The average Bonchev–Trinajstić information content (AvgIpc) is 2.39. The molecule has 0 saturated heterocycles. The van der Waals surface area contributed by atoms with Gasteiger partial charge < -0.3 is 4.74 Å². The fourth-order valence-corrected chi connectivity index (χ4v) is 2.51. The van der Waals surface area contributed by atoms with Crippen LogP contribution >= 0.6 is 0 Å². The van der Waals surface area contributed by atoms with Crippen molar-refractivity contribution in [2.24, 2.45) is 11.8 Å². The maximum atomic E-state index is 5.69. The summed E-state index contributed by atoms with van der Waals surface area (Å²) in [4.78, 5) is 0. The number of hydrogen-bond acceptors (Lipinski definition) is 1. The van der Waals surface area contributed by atoms with Gasteiger partial charge in [-0.15, -0.1) is 0 Å². The highest BCUT2D eigenvalue weighted by molar-refractivity contribution is 5.26. The Bertz CT molecular complexity index is 369. The summed E-state index contributed by atoms with van der Waals surface area (Å²) in [7, 11) is 0. The maximum absolute atomic E-state index is 5.69. The van der Waals surface area contributed by atoms with Gasteiger partial charge >= 0.3 is 0 Å². The van der Waals surface area contributed by atoms with Crippen LogP contribution in [-0.4, -0.2) is 6.61 Å². The van der Waals surface area contributed by atoms with Crippen molar-refractivity contribution in [1.29, 1.82) is 0 Å². The van der Waals surface area contributed by atoms with E-state index in [9.17, 15) is 0 Å². The molecule has 0 spiro atoms. The third kappa shape index (κ3) is 4.21. The SMILES string of the molecule is Cc1ccc(OC/C=C/C2CCC(C)CC2)cc1. The van der Waals surface area contributed by atoms with E-state index < -0.39 is 0 Å². The smallest absolute Gasteiger partial charge is 0.119 e. The van der Waals surface area contributed by atoms with Crippen molar-refractivity contribution >= 4 is 0 Å². The first-order valence-corrected chi connectivity index (χ1v) is 7.10. The first-order chi connectivity index (χ1) is 8.74. The van der Waals surface area contributed by atoms with Gasteiger partial charge in [0.2, 0.25) is 0 Å². The molecule has 1 heteroatoms. The highest BCUT2D eigenvalue weighted by Gasteiger charge is 2.15. The molecule has 0 heterocycles. The van der Waals surface area contributed by atoms with Crippen LogP contribution in [0.2, 0.25) is 0 Å². The maximum Gasteiger partial charge on any atom is 0.119 e. The summed E-state index contributed by atoms with van der Waals surface area (Å²) in [6, 6.07) is 8.24. The van der Waals surface area contributed by atoms with Crippen LogP contribution in [0.25, 0.3) is 0 Å². The predicted octanol–water partition coefficient (Wildman–Crippen LogP) is 4.76. The number of allylic oxidation sites excluding steroid dienone is 1. The molecule has 0 bridgehead atoms. The van der Waals surface area contributed by atoms with Crippen LogP contribution in [0.15, 0.2) is 36.4 Å². The fraction of sp³-hybridized carbons (Fsp3) is 0.529. The molecule has 0 radical (unpaired) electrons. The van der Waals surface area contributed by atoms with Crippen LogP contribution in [0, 0.1) is 18.8 Å². The summed E-state index contributed by atoms with van der Waals surface area (Å²) in [6.07, 6.45) is 9.99. The van der Waals surface area contributed by atoms with Gasteiger partial charge in [0.25, 0.3) is 0 Å². The second-order valence-corrected chi connectivity index (χ2v) is 5.57. The summed E-state index contributed by atoms with van der Waals surface area (Å²) >= 11 is 0. The van der Waals surface area contributed by atoms with Crippen molar-refractivity contribution in [3.63, 3.8) is 0 Å². The lowest BCUT2D eigenvalue weighted by molar-refractivity contribution is 0.326. The fourth-order valence-electron chi connectivity index (χ4n) is 2.51. The molecule has 1 aliphatic carbocycles. The van der Waals surface area contributed by atoms with Gasteiger partial charge in [0, 0.05) is 0 Å². The molecule has 0 aromatic heterocycles. The second-order valence-electron chi connectivity index (χ2n) is 5.57. The van der Waals surface area contributed by atoms with Gasteiger partial charge in [-0.2, -0.15) is 0 Å². The van der Waals surface area contributed by atoms with E-state index in [1.54, 1.807) is 0 Å². The van der Waals surface area contributed by atoms with Crippen LogP contribution in [0.4, 0.5) is 0 Å². The van der Waals surface area contributed by atoms with E-state index in [0.29, 0.717) is 6.61 Å². The average molecular weight is 244 g/mol. The summed E-state index contributed by atoms with van der Waals surface area (Å²) in [5, 5.41) is 0. The van der Waals surface area contributed by atoms with Gasteiger partial charge in [-0.05, 0) is 43.7 Å². The first-order valence-electron chi connectivity index (χ1n) is 7.10. The molecular formula is C17H24O. The van der Waals surface area contributed by atoms with Crippen LogP contribution in [-0.2, 0) is 0 Å². The molecule has 1 aromatic rings. The van der Waals surface area contributed by atoms with Crippen molar-refractivity contribution in [3.05, 3.63) is 42.0 Å². The minimum atomic E-state index is 0.690. The first kappa shape index (κ1) is 13.2. The molecule has 0 unspecified atom stereocenters. The van der Waals surface area contributed by atoms with Gasteiger partial charge in [-0.3, -0.25) is 0 Å². The van der Waals surface area contributed by atoms with Crippen molar-refractivity contribution in [3.8, 4) is 5.75 Å². The molecule has 0 amide bonds.